The molecule has 24 heavy (non-hydrogen) atoms. The van der Waals surface area contributed by atoms with Crippen LogP contribution < -0.4 is 0 Å². The van der Waals surface area contributed by atoms with Crippen molar-refractivity contribution in [1.29, 1.82) is 0 Å². The van der Waals surface area contributed by atoms with E-state index in [1.54, 1.807) is 0 Å². The fraction of sp³-hybridized carbons (Fsp3) is 0.714. The van der Waals surface area contributed by atoms with Crippen molar-refractivity contribution in [2.45, 2.75) is 64.3 Å². The van der Waals surface area contributed by atoms with E-state index in [4.69, 9.17) is 9.47 Å². The topological polar surface area (TPSA) is 18.5 Å². The third-order valence-electron chi connectivity index (χ3n) is 5.59. The zero-order chi connectivity index (χ0) is 17.2. The van der Waals surface area contributed by atoms with Gasteiger partial charge in [-0.2, -0.15) is 0 Å². The fourth-order valence-electron chi connectivity index (χ4n) is 3.98. The van der Waals surface area contributed by atoms with E-state index in [-0.39, 0.29) is 17.8 Å². The second kappa shape index (κ2) is 7.15. The Morgan fingerprint density at radius 3 is 2.38 bits per heavy atom. The first-order valence-electron chi connectivity index (χ1n) is 9.54. The monoisotopic (exact) mass is 332 g/mol. The molecule has 1 aromatic carbocycles. The molecule has 2 fully saturated rings. The highest BCUT2D eigenvalue weighted by atomic mass is 16.7. The van der Waals surface area contributed by atoms with Crippen molar-refractivity contribution in [2.24, 2.45) is 0 Å². The summed E-state index contributed by atoms with van der Waals surface area (Å²) in [4.78, 5) is 0. The Bertz CT molecular complexity index is 526. The standard InChI is InChI=1S/C21H34NO2/c1-21(2,3)18-10-7-17(8-11-18)9-12-20-23-16-19(24-20)15-22(4)13-5-6-14-22/h7-8,10-11,19-20H,5-6,9,12-16H2,1-4H3/q+1. The lowest BCUT2D eigenvalue weighted by Crippen LogP contribution is -2.47. The Balaban J connectivity index is 1.44. The molecule has 2 aliphatic rings. The maximum atomic E-state index is 6.15. The zero-order valence-corrected chi connectivity index (χ0v) is 15.9. The van der Waals surface area contributed by atoms with Crippen molar-refractivity contribution in [2.75, 3.05) is 33.3 Å². The zero-order valence-electron chi connectivity index (χ0n) is 15.9. The minimum Gasteiger partial charge on any atom is -0.350 e. The average Bonchev–Trinajstić information content (AvgIpc) is 3.14. The number of benzene rings is 1. The molecule has 3 rings (SSSR count). The summed E-state index contributed by atoms with van der Waals surface area (Å²) in [5, 5.41) is 0. The number of nitrogens with zero attached hydrogens (tertiary/aromatic N) is 1. The van der Waals surface area contributed by atoms with E-state index < -0.39 is 0 Å². The molecule has 2 heterocycles. The van der Waals surface area contributed by atoms with Crippen LogP contribution in [0.1, 0.15) is 51.2 Å². The SMILES string of the molecule is CC(C)(C)c1ccc(CCC2OCC(C[N+]3(C)CCCC3)O2)cc1. The van der Waals surface area contributed by atoms with Gasteiger partial charge in [0.25, 0.3) is 0 Å². The summed E-state index contributed by atoms with van der Waals surface area (Å²) in [5.74, 6) is 0. The van der Waals surface area contributed by atoms with E-state index >= 15 is 0 Å². The van der Waals surface area contributed by atoms with E-state index in [0.29, 0.717) is 0 Å². The molecule has 0 saturated carbocycles. The third kappa shape index (κ3) is 4.59. The molecule has 0 N–H and O–H groups in total. The predicted molar refractivity (Wildman–Crippen MR) is 98.1 cm³/mol. The highest BCUT2D eigenvalue weighted by Gasteiger charge is 2.35. The van der Waals surface area contributed by atoms with Crippen LogP contribution in [0.2, 0.25) is 0 Å². The van der Waals surface area contributed by atoms with Crippen molar-refractivity contribution in [3.8, 4) is 0 Å². The highest BCUT2D eigenvalue weighted by Crippen LogP contribution is 2.25. The molecule has 0 amide bonds. The molecule has 0 bridgehead atoms. The van der Waals surface area contributed by atoms with Crippen LogP contribution in [0.5, 0.6) is 0 Å². The van der Waals surface area contributed by atoms with Gasteiger partial charge >= 0.3 is 0 Å². The number of hydrogen-bond acceptors (Lipinski definition) is 2. The van der Waals surface area contributed by atoms with Crippen molar-refractivity contribution in [3.63, 3.8) is 0 Å². The van der Waals surface area contributed by atoms with Gasteiger partial charge in [0.05, 0.1) is 26.7 Å². The van der Waals surface area contributed by atoms with Gasteiger partial charge in [0, 0.05) is 19.3 Å². The van der Waals surface area contributed by atoms with Gasteiger partial charge in [0.15, 0.2) is 6.29 Å². The van der Waals surface area contributed by atoms with Gasteiger partial charge in [-0.05, 0) is 23.0 Å². The number of hydrogen-bond donors (Lipinski definition) is 0. The Hall–Kier alpha value is -0.900. The van der Waals surface area contributed by atoms with Crippen molar-refractivity contribution >= 4 is 0 Å². The van der Waals surface area contributed by atoms with E-state index in [2.05, 4.69) is 52.1 Å². The molecule has 0 radical (unpaired) electrons. The molecule has 2 saturated heterocycles. The molecule has 3 heteroatoms. The molecular weight excluding hydrogens is 298 g/mol. The van der Waals surface area contributed by atoms with Crippen LogP contribution in [0.25, 0.3) is 0 Å². The fourth-order valence-corrected chi connectivity index (χ4v) is 3.98. The Labute approximate surface area is 147 Å². The second-order valence-corrected chi connectivity index (χ2v) is 8.96. The van der Waals surface area contributed by atoms with E-state index in [1.165, 1.54) is 37.1 Å². The molecule has 0 spiro atoms. The van der Waals surface area contributed by atoms with Gasteiger partial charge in [-0.15, -0.1) is 0 Å². The number of likely N-dealkylation sites (tertiary alicyclic amines) is 1. The molecule has 134 valence electrons. The molecular formula is C21H34NO2+. The molecule has 2 unspecified atom stereocenters. The number of ether oxygens (including phenoxy) is 2. The molecule has 1 aromatic rings. The number of rotatable bonds is 5. The van der Waals surface area contributed by atoms with Gasteiger partial charge in [-0.3, -0.25) is 0 Å². The lowest BCUT2D eigenvalue weighted by Gasteiger charge is -2.31. The first kappa shape index (κ1) is 17.9. The molecule has 3 nitrogen and oxygen atoms in total. The third-order valence-corrected chi connectivity index (χ3v) is 5.59. The van der Waals surface area contributed by atoms with Crippen LogP contribution in [-0.4, -0.2) is 50.2 Å². The quantitative estimate of drug-likeness (QED) is 0.762. The summed E-state index contributed by atoms with van der Waals surface area (Å²) in [6, 6.07) is 9.02. The Kier molecular flexibility index (Phi) is 5.33. The summed E-state index contributed by atoms with van der Waals surface area (Å²) in [5.41, 5.74) is 2.98. The second-order valence-electron chi connectivity index (χ2n) is 8.96. The van der Waals surface area contributed by atoms with E-state index in [9.17, 15) is 0 Å². The van der Waals surface area contributed by atoms with E-state index in [0.717, 1.165) is 30.5 Å². The smallest absolute Gasteiger partial charge is 0.158 e. The first-order valence-corrected chi connectivity index (χ1v) is 9.54. The van der Waals surface area contributed by atoms with Gasteiger partial charge in [-0.25, -0.2) is 0 Å². The summed E-state index contributed by atoms with van der Waals surface area (Å²) in [6.07, 6.45) is 4.95. The summed E-state index contributed by atoms with van der Waals surface area (Å²) in [7, 11) is 2.36. The maximum absolute atomic E-state index is 6.15. The molecule has 0 aromatic heterocycles. The van der Waals surface area contributed by atoms with Crippen LogP contribution >= 0.6 is 0 Å². The van der Waals surface area contributed by atoms with Crippen molar-refractivity contribution in [3.05, 3.63) is 35.4 Å². The Morgan fingerprint density at radius 1 is 1.08 bits per heavy atom. The van der Waals surface area contributed by atoms with Gasteiger partial charge < -0.3 is 14.0 Å². The summed E-state index contributed by atoms with van der Waals surface area (Å²) < 4.78 is 13.2. The minimum atomic E-state index is -0.0218. The number of quaternary nitrogens is 1. The first-order chi connectivity index (χ1) is 11.3. The number of likely N-dealkylation sites (N-methyl/N-ethyl adjacent to an activating group) is 1. The predicted octanol–water partition coefficient (Wildman–Crippen LogP) is 3.90. The van der Waals surface area contributed by atoms with Crippen LogP contribution in [0, 0.1) is 0 Å². The lowest BCUT2D eigenvalue weighted by atomic mass is 9.86. The van der Waals surface area contributed by atoms with Crippen LogP contribution in [0.4, 0.5) is 0 Å². The van der Waals surface area contributed by atoms with Gasteiger partial charge in [0.1, 0.15) is 12.6 Å². The maximum Gasteiger partial charge on any atom is 0.158 e. The van der Waals surface area contributed by atoms with Gasteiger partial charge in [0.2, 0.25) is 0 Å². The van der Waals surface area contributed by atoms with Crippen LogP contribution in [0.3, 0.4) is 0 Å². The highest BCUT2D eigenvalue weighted by molar-refractivity contribution is 5.27. The van der Waals surface area contributed by atoms with Gasteiger partial charge in [-0.1, -0.05) is 45.0 Å². The molecule has 2 aliphatic heterocycles. The molecule has 0 aliphatic carbocycles. The average molecular weight is 333 g/mol. The van der Waals surface area contributed by atoms with E-state index in [1.807, 2.05) is 0 Å². The molecule has 2 atom stereocenters. The normalized spacial score (nSPS) is 26.8. The van der Waals surface area contributed by atoms with Crippen molar-refractivity contribution in [1.82, 2.24) is 0 Å². The minimum absolute atomic E-state index is 0.0218. The summed E-state index contributed by atoms with van der Waals surface area (Å²) in [6.45, 7) is 11.2. The lowest BCUT2D eigenvalue weighted by molar-refractivity contribution is -0.900. The largest absolute Gasteiger partial charge is 0.350 e. The van der Waals surface area contributed by atoms with Crippen molar-refractivity contribution < 1.29 is 14.0 Å². The summed E-state index contributed by atoms with van der Waals surface area (Å²) >= 11 is 0. The number of aryl methyl sites for hydroxylation is 1. The Morgan fingerprint density at radius 2 is 1.75 bits per heavy atom. The van der Waals surface area contributed by atoms with Crippen LogP contribution in [0.15, 0.2) is 24.3 Å². The van der Waals surface area contributed by atoms with Crippen LogP contribution in [-0.2, 0) is 21.3 Å².